The molecule has 0 saturated carbocycles. The molecule has 0 saturated heterocycles. The van der Waals surface area contributed by atoms with Crippen LogP contribution in [0.4, 0.5) is 0 Å². The van der Waals surface area contributed by atoms with Crippen LogP contribution in [-0.2, 0) is 24.3 Å². The Bertz CT molecular complexity index is 95.6. The van der Waals surface area contributed by atoms with Crippen LogP contribution in [0.1, 0.15) is 6.42 Å². The van der Waals surface area contributed by atoms with Gasteiger partial charge in [-0.25, -0.2) is 0 Å². The fourth-order valence-corrected chi connectivity index (χ4v) is 0.449. The van der Waals surface area contributed by atoms with Crippen molar-refractivity contribution in [2.75, 3.05) is 13.2 Å². The average Bonchev–Trinajstić information content (AvgIpc) is 1.82. The average molecular weight is 200 g/mol. The second-order valence-corrected chi connectivity index (χ2v) is 1.73. The number of carbonyl (C=O) groups is 1. The number of carboxylic acid groups (broad SMARTS) is 1. The number of aliphatic hydroxyl groups is 2. The SMILES string of the molecule is O=C(O)C(CO)CCO.[Zn]. The van der Waals surface area contributed by atoms with Crippen molar-refractivity contribution in [2.24, 2.45) is 5.92 Å². The third-order valence-corrected chi connectivity index (χ3v) is 1.05. The number of hydrogen-bond donors (Lipinski definition) is 3. The van der Waals surface area contributed by atoms with Crippen LogP contribution in [0.25, 0.3) is 0 Å². The molecule has 5 heteroatoms. The van der Waals surface area contributed by atoms with Crippen molar-refractivity contribution in [3.63, 3.8) is 0 Å². The first-order valence-electron chi connectivity index (χ1n) is 2.67. The monoisotopic (exact) mass is 198 g/mol. The molecule has 4 nitrogen and oxygen atoms in total. The predicted molar refractivity (Wildman–Crippen MR) is 29.9 cm³/mol. The molecule has 10 heavy (non-hydrogen) atoms. The molecule has 1 atom stereocenters. The molecule has 0 radical (unpaired) electrons. The first-order chi connectivity index (χ1) is 4.22. The Morgan fingerprint density at radius 3 is 2.00 bits per heavy atom. The molecule has 0 aromatic heterocycles. The summed E-state index contributed by atoms with van der Waals surface area (Å²) in [5.74, 6) is -1.87. The maximum absolute atomic E-state index is 10.0. The maximum Gasteiger partial charge on any atom is 0.308 e. The van der Waals surface area contributed by atoms with Gasteiger partial charge >= 0.3 is 5.97 Å². The molecule has 0 bridgehead atoms. The van der Waals surface area contributed by atoms with Gasteiger partial charge in [0.1, 0.15) is 0 Å². The molecular weight excluding hydrogens is 189 g/mol. The predicted octanol–water partition coefficient (Wildman–Crippen LogP) is -0.941. The van der Waals surface area contributed by atoms with Crippen LogP contribution in [-0.4, -0.2) is 34.5 Å². The number of aliphatic hydroxyl groups excluding tert-OH is 2. The van der Waals surface area contributed by atoms with Crippen molar-refractivity contribution in [2.45, 2.75) is 6.42 Å². The van der Waals surface area contributed by atoms with Crippen LogP contribution in [0.15, 0.2) is 0 Å². The zero-order chi connectivity index (χ0) is 7.28. The van der Waals surface area contributed by atoms with Crippen molar-refractivity contribution in [3.8, 4) is 0 Å². The molecule has 1 unspecified atom stereocenters. The van der Waals surface area contributed by atoms with Gasteiger partial charge in [-0.2, -0.15) is 0 Å². The second kappa shape index (κ2) is 7.12. The Morgan fingerprint density at radius 1 is 1.40 bits per heavy atom. The fourth-order valence-electron chi connectivity index (χ4n) is 0.449. The van der Waals surface area contributed by atoms with E-state index in [0.29, 0.717) is 0 Å². The van der Waals surface area contributed by atoms with Gasteiger partial charge in [0.05, 0.1) is 12.5 Å². The molecular formula is C5H10O4Zn. The van der Waals surface area contributed by atoms with Gasteiger partial charge in [0.2, 0.25) is 0 Å². The first-order valence-corrected chi connectivity index (χ1v) is 2.67. The van der Waals surface area contributed by atoms with Crippen LogP contribution in [0.3, 0.4) is 0 Å². The summed E-state index contributed by atoms with van der Waals surface area (Å²) in [6.07, 6.45) is 0.117. The Labute approximate surface area is 71.6 Å². The van der Waals surface area contributed by atoms with Crippen LogP contribution < -0.4 is 0 Å². The van der Waals surface area contributed by atoms with E-state index in [2.05, 4.69) is 0 Å². The zero-order valence-electron chi connectivity index (χ0n) is 5.66. The van der Waals surface area contributed by atoms with E-state index in [9.17, 15) is 4.79 Å². The van der Waals surface area contributed by atoms with Crippen molar-refractivity contribution >= 4 is 5.97 Å². The summed E-state index contributed by atoms with van der Waals surface area (Å²) in [5, 5.41) is 24.8. The summed E-state index contributed by atoms with van der Waals surface area (Å²) in [4.78, 5) is 10.0. The first kappa shape index (κ1) is 12.7. The number of carboxylic acids is 1. The van der Waals surface area contributed by atoms with Crippen LogP contribution in [0.5, 0.6) is 0 Å². The largest absolute Gasteiger partial charge is 0.481 e. The van der Waals surface area contributed by atoms with E-state index < -0.39 is 18.5 Å². The number of rotatable bonds is 4. The molecule has 56 valence electrons. The molecule has 0 amide bonds. The molecule has 0 aromatic carbocycles. The van der Waals surface area contributed by atoms with Gasteiger partial charge in [-0.05, 0) is 6.42 Å². The molecule has 0 heterocycles. The minimum absolute atomic E-state index is 0. The summed E-state index contributed by atoms with van der Waals surface area (Å²) >= 11 is 0. The van der Waals surface area contributed by atoms with E-state index in [1.807, 2.05) is 0 Å². The third-order valence-electron chi connectivity index (χ3n) is 1.05. The van der Waals surface area contributed by atoms with Gasteiger partial charge in [-0.1, -0.05) is 0 Å². The summed E-state index contributed by atoms with van der Waals surface area (Å²) in [5.41, 5.74) is 0. The van der Waals surface area contributed by atoms with Gasteiger partial charge in [0.25, 0.3) is 0 Å². The minimum Gasteiger partial charge on any atom is -0.481 e. The topological polar surface area (TPSA) is 77.8 Å². The van der Waals surface area contributed by atoms with Crippen LogP contribution in [0.2, 0.25) is 0 Å². The van der Waals surface area contributed by atoms with Crippen molar-refractivity contribution in [1.29, 1.82) is 0 Å². The van der Waals surface area contributed by atoms with Crippen LogP contribution >= 0.6 is 0 Å². The number of aliphatic carboxylic acids is 1. The van der Waals surface area contributed by atoms with E-state index in [0.717, 1.165) is 0 Å². The van der Waals surface area contributed by atoms with Crippen LogP contribution in [0, 0.1) is 5.92 Å². The summed E-state index contributed by atoms with van der Waals surface area (Å²) in [6, 6.07) is 0. The van der Waals surface area contributed by atoms with Gasteiger partial charge in [0.15, 0.2) is 0 Å². The molecule has 0 aliphatic carbocycles. The Balaban J connectivity index is 0. The quantitative estimate of drug-likeness (QED) is 0.511. The smallest absolute Gasteiger partial charge is 0.308 e. The van der Waals surface area contributed by atoms with Crippen molar-refractivity contribution in [3.05, 3.63) is 0 Å². The summed E-state index contributed by atoms with van der Waals surface area (Å²) in [6.45, 7) is -0.604. The standard InChI is InChI=1S/C5H10O4.Zn/c6-2-1-4(3-7)5(8)9;/h4,6-7H,1-3H2,(H,8,9);. The van der Waals surface area contributed by atoms with Gasteiger partial charge < -0.3 is 15.3 Å². The molecule has 0 rings (SSSR count). The van der Waals surface area contributed by atoms with E-state index in [-0.39, 0.29) is 32.5 Å². The molecule has 0 aromatic rings. The zero-order valence-corrected chi connectivity index (χ0v) is 8.62. The third kappa shape index (κ3) is 4.85. The van der Waals surface area contributed by atoms with Gasteiger partial charge in [-0.3, -0.25) is 4.79 Å². The molecule has 3 N–H and O–H groups in total. The fraction of sp³-hybridized carbons (Fsp3) is 0.800. The normalized spacial score (nSPS) is 11.8. The minimum atomic E-state index is -1.06. The second-order valence-electron chi connectivity index (χ2n) is 1.73. The van der Waals surface area contributed by atoms with E-state index >= 15 is 0 Å². The Hall–Kier alpha value is 0.0134. The van der Waals surface area contributed by atoms with Gasteiger partial charge in [0, 0.05) is 26.1 Å². The maximum atomic E-state index is 10.0. The van der Waals surface area contributed by atoms with E-state index in [1.54, 1.807) is 0 Å². The Kier molecular flexibility index (Phi) is 9.03. The Morgan fingerprint density at radius 2 is 1.90 bits per heavy atom. The van der Waals surface area contributed by atoms with Crippen molar-refractivity contribution < 1.29 is 39.6 Å². The summed E-state index contributed by atoms with van der Waals surface area (Å²) < 4.78 is 0. The summed E-state index contributed by atoms with van der Waals surface area (Å²) in [7, 11) is 0. The molecule has 0 fully saturated rings. The van der Waals surface area contributed by atoms with Crippen molar-refractivity contribution in [1.82, 2.24) is 0 Å². The molecule has 0 aliphatic rings. The molecule has 0 spiro atoms. The molecule has 0 aliphatic heterocycles. The van der Waals surface area contributed by atoms with E-state index in [4.69, 9.17) is 15.3 Å². The van der Waals surface area contributed by atoms with Gasteiger partial charge in [-0.15, -0.1) is 0 Å². The number of hydrogen-bond acceptors (Lipinski definition) is 3. The van der Waals surface area contributed by atoms with E-state index in [1.165, 1.54) is 0 Å².